The Bertz CT molecular complexity index is 791. The standard InChI is InChI=1S/C19H22N4O2/c20-16(15-3-1-2-4-18(15)25)11-17(19(21)22)23-10-9-13-5-7-14(12-24)8-6-13/h1-8,11-12,23,25H,9-10,20-22H2/b16-11-. The van der Waals surface area contributed by atoms with Crippen molar-refractivity contribution in [2.75, 3.05) is 6.54 Å². The number of carbonyl (C=O) groups is 1. The first-order chi connectivity index (χ1) is 12.0. The molecule has 0 atom stereocenters. The van der Waals surface area contributed by atoms with Gasteiger partial charge in [-0.05, 0) is 30.2 Å². The Labute approximate surface area is 146 Å². The van der Waals surface area contributed by atoms with Crippen LogP contribution in [-0.4, -0.2) is 17.9 Å². The fourth-order valence-corrected chi connectivity index (χ4v) is 2.29. The van der Waals surface area contributed by atoms with Gasteiger partial charge in [-0.25, -0.2) is 0 Å². The summed E-state index contributed by atoms with van der Waals surface area (Å²) in [4.78, 5) is 10.7. The summed E-state index contributed by atoms with van der Waals surface area (Å²) >= 11 is 0. The van der Waals surface area contributed by atoms with Crippen LogP contribution < -0.4 is 22.5 Å². The van der Waals surface area contributed by atoms with Crippen LogP contribution in [0.1, 0.15) is 21.5 Å². The summed E-state index contributed by atoms with van der Waals surface area (Å²) in [7, 11) is 0. The minimum absolute atomic E-state index is 0.0847. The second-order valence-electron chi connectivity index (χ2n) is 5.52. The summed E-state index contributed by atoms with van der Waals surface area (Å²) < 4.78 is 0. The van der Waals surface area contributed by atoms with E-state index < -0.39 is 0 Å². The molecule has 0 unspecified atom stereocenters. The zero-order chi connectivity index (χ0) is 18.2. The van der Waals surface area contributed by atoms with Crippen LogP contribution in [0.4, 0.5) is 0 Å². The van der Waals surface area contributed by atoms with E-state index in [4.69, 9.17) is 17.2 Å². The van der Waals surface area contributed by atoms with Gasteiger partial charge in [0.15, 0.2) is 0 Å². The van der Waals surface area contributed by atoms with Gasteiger partial charge in [0.25, 0.3) is 0 Å². The largest absolute Gasteiger partial charge is 0.507 e. The van der Waals surface area contributed by atoms with E-state index in [9.17, 15) is 9.90 Å². The number of phenols is 1. The van der Waals surface area contributed by atoms with Gasteiger partial charge in [0.2, 0.25) is 0 Å². The highest BCUT2D eigenvalue weighted by molar-refractivity contribution is 5.74. The van der Waals surface area contributed by atoms with E-state index in [1.165, 1.54) is 0 Å². The molecular formula is C19H22N4O2. The predicted octanol–water partition coefficient (Wildman–Crippen LogP) is 1.42. The second kappa shape index (κ2) is 8.44. The molecule has 2 aromatic carbocycles. The number of hydrogen-bond acceptors (Lipinski definition) is 6. The number of aromatic hydroxyl groups is 1. The van der Waals surface area contributed by atoms with Gasteiger partial charge >= 0.3 is 0 Å². The Hall–Kier alpha value is -3.41. The lowest BCUT2D eigenvalue weighted by Gasteiger charge is -2.11. The molecular weight excluding hydrogens is 316 g/mol. The fraction of sp³-hybridized carbons (Fsp3) is 0.105. The molecule has 0 spiro atoms. The zero-order valence-electron chi connectivity index (χ0n) is 13.8. The number of carbonyl (C=O) groups excluding carboxylic acids is 1. The number of para-hydroxylation sites is 1. The van der Waals surface area contributed by atoms with Gasteiger partial charge in [-0.3, -0.25) is 4.79 Å². The zero-order valence-corrected chi connectivity index (χ0v) is 13.8. The molecule has 25 heavy (non-hydrogen) atoms. The Kier molecular flexibility index (Phi) is 6.06. The molecule has 0 aromatic heterocycles. The first-order valence-electron chi connectivity index (χ1n) is 7.80. The van der Waals surface area contributed by atoms with Crippen LogP contribution in [-0.2, 0) is 6.42 Å². The van der Waals surface area contributed by atoms with Crippen LogP contribution in [0.2, 0.25) is 0 Å². The molecule has 6 heteroatoms. The van der Waals surface area contributed by atoms with Crippen LogP contribution in [0.3, 0.4) is 0 Å². The molecule has 0 amide bonds. The van der Waals surface area contributed by atoms with Crippen LogP contribution in [0, 0.1) is 0 Å². The number of allylic oxidation sites excluding steroid dienone is 1. The molecule has 0 aliphatic rings. The molecule has 0 saturated heterocycles. The predicted molar refractivity (Wildman–Crippen MR) is 99.2 cm³/mol. The quantitative estimate of drug-likeness (QED) is 0.384. The van der Waals surface area contributed by atoms with Crippen LogP contribution in [0.5, 0.6) is 5.75 Å². The highest BCUT2D eigenvalue weighted by Gasteiger charge is 2.05. The smallest absolute Gasteiger partial charge is 0.150 e. The van der Waals surface area contributed by atoms with E-state index in [0.717, 1.165) is 18.3 Å². The van der Waals surface area contributed by atoms with Crippen LogP contribution in [0.25, 0.3) is 5.70 Å². The van der Waals surface area contributed by atoms with E-state index in [0.29, 0.717) is 29.1 Å². The van der Waals surface area contributed by atoms with Gasteiger partial charge in [-0.1, -0.05) is 36.4 Å². The maximum Gasteiger partial charge on any atom is 0.150 e. The number of nitrogens with one attached hydrogen (secondary N) is 1. The monoisotopic (exact) mass is 338 g/mol. The van der Waals surface area contributed by atoms with E-state index in [1.807, 2.05) is 12.1 Å². The summed E-state index contributed by atoms with van der Waals surface area (Å²) in [5, 5.41) is 13.0. The van der Waals surface area contributed by atoms with Crippen molar-refractivity contribution in [2.24, 2.45) is 17.2 Å². The summed E-state index contributed by atoms with van der Waals surface area (Å²) in [6.07, 6.45) is 3.13. The van der Waals surface area contributed by atoms with Gasteiger partial charge in [0.05, 0.1) is 5.70 Å². The number of aldehydes is 1. The van der Waals surface area contributed by atoms with E-state index >= 15 is 0 Å². The molecule has 2 rings (SSSR count). The summed E-state index contributed by atoms with van der Waals surface area (Å²) in [6, 6.07) is 14.1. The van der Waals surface area contributed by atoms with Crippen molar-refractivity contribution in [3.8, 4) is 5.75 Å². The lowest BCUT2D eigenvalue weighted by atomic mass is 10.1. The Balaban J connectivity index is 2.04. The normalized spacial score (nSPS) is 11.0. The molecule has 0 radical (unpaired) electrons. The average molecular weight is 338 g/mol. The Morgan fingerprint density at radius 3 is 2.32 bits per heavy atom. The summed E-state index contributed by atoms with van der Waals surface area (Å²) in [5.41, 5.74) is 20.5. The van der Waals surface area contributed by atoms with E-state index in [2.05, 4.69) is 5.32 Å². The molecule has 0 aliphatic heterocycles. The van der Waals surface area contributed by atoms with Gasteiger partial charge in [-0.15, -0.1) is 0 Å². The number of rotatable bonds is 7. The third-order valence-electron chi connectivity index (χ3n) is 3.67. The number of nitrogens with two attached hydrogens (primary N) is 3. The van der Waals surface area contributed by atoms with Gasteiger partial charge < -0.3 is 27.6 Å². The third kappa shape index (κ3) is 5.04. The highest BCUT2D eigenvalue weighted by Crippen LogP contribution is 2.21. The molecule has 0 fully saturated rings. The van der Waals surface area contributed by atoms with Crippen molar-refractivity contribution < 1.29 is 9.90 Å². The van der Waals surface area contributed by atoms with Crippen molar-refractivity contribution in [2.45, 2.75) is 6.42 Å². The van der Waals surface area contributed by atoms with Crippen molar-refractivity contribution in [1.29, 1.82) is 0 Å². The molecule has 130 valence electrons. The third-order valence-corrected chi connectivity index (χ3v) is 3.67. The number of benzene rings is 2. The Morgan fingerprint density at radius 1 is 1.04 bits per heavy atom. The molecule has 0 aliphatic carbocycles. The van der Waals surface area contributed by atoms with Crippen molar-refractivity contribution in [3.63, 3.8) is 0 Å². The lowest BCUT2D eigenvalue weighted by molar-refractivity contribution is 0.112. The van der Waals surface area contributed by atoms with E-state index in [1.54, 1.807) is 42.5 Å². The average Bonchev–Trinajstić information content (AvgIpc) is 2.61. The molecule has 0 heterocycles. The minimum Gasteiger partial charge on any atom is -0.507 e. The maximum absolute atomic E-state index is 10.7. The van der Waals surface area contributed by atoms with Crippen molar-refractivity contribution in [3.05, 3.63) is 82.8 Å². The summed E-state index contributed by atoms with van der Waals surface area (Å²) in [6.45, 7) is 0.582. The maximum atomic E-state index is 10.7. The second-order valence-corrected chi connectivity index (χ2v) is 5.52. The summed E-state index contributed by atoms with van der Waals surface area (Å²) in [5.74, 6) is 0.191. The van der Waals surface area contributed by atoms with Crippen LogP contribution >= 0.6 is 0 Å². The molecule has 0 saturated carbocycles. The molecule has 0 bridgehead atoms. The minimum atomic E-state index is 0.0847. The molecule has 8 N–H and O–H groups in total. The highest BCUT2D eigenvalue weighted by atomic mass is 16.3. The topological polar surface area (TPSA) is 127 Å². The number of hydrogen-bond donors (Lipinski definition) is 5. The first-order valence-corrected chi connectivity index (χ1v) is 7.80. The van der Waals surface area contributed by atoms with Gasteiger partial charge in [0.1, 0.15) is 17.9 Å². The van der Waals surface area contributed by atoms with Gasteiger partial charge in [-0.2, -0.15) is 0 Å². The molecule has 6 nitrogen and oxygen atoms in total. The fourth-order valence-electron chi connectivity index (χ4n) is 2.29. The van der Waals surface area contributed by atoms with Crippen LogP contribution in [0.15, 0.2) is 66.1 Å². The SMILES string of the molecule is NC(N)=C(/C=C(\N)c1ccccc1O)NCCc1ccc(C=O)cc1. The lowest BCUT2D eigenvalue weighted by Crippen LogP contribution is -2.24. The Morgan fingerprint density at radius 2 is 1.72 bits per heavy atom. The van der Waals surface area contributed by atoms with E-state index in [-0.39, 0.29) is 11.6 Å². The van der Waals surface area contributed by atoms with Crippen molar-refractivity contribution in [1.82, 2.24) is 5.32 Å². The van der Waals surface area contributed by atoms with Gasteiger partial charge in [0, 0.05) is 23.4 Å². The molecule has 2 aromatic rings. The van der Waals surface area contributed by atoms with Crippen molar-refractivity contribution >= 4 is 12.0 Å². The number of phenolic OH excluding ortho intramolecular Hbond substituents is 1. The first kappa shape index (κ1) is 17.9.